The molecule has 1 saturated carbocycles. The van der Waals surface area contributed by atoms with E-state index in [0.717, 1.165) is 24.3 Å². The molecule has 2 aromatic rings. The number of hydrazine groups is 1. The van der Waals surface area contributed by atoms with Gasteiger partial charge in [0.2, 0.25) is 5.91 Å². The van der Waals surface area contributed by atoms with Crippen LogP contribution in [0.4, 0.5) is 0 Å². The lowest BCUT2D eigenvalue weighted by atomic mass is 10.3. The van der Waals surface area contributed by atoms with Crippen LogP contribution >= 0.6 is 0 Å². The molecule has 22 heavy (non-hydrogen) atoms. The fraction of sp³-hybridized carbons (Fsp3) is 0.286. The fourth-order valence-corrected chi connectivity index (χ4v) is 1.86. The highest BCUT2D eigenvalue weighted by atomic mass is 16.5. The summed E-state index contributed by atoms with van der Waals surface area (Å²) in [5.41, 5.74) is 5.57. The third kappa shape index (κ3) is 3.05. The number of carbonyl (C=O) groups is 2. The number of methoxy groups -OCH3 is 1. The summed E-state index contributed by atoms with van der Waals surface area (Å²) >= 11 is 0. The Balaban J connectivity index is 1.64. The highest BCUT2D eigenvalue weighted by Crippen LogP contribution is 2.28. The van der Waals surface area contributed by atoms with Gasteiger partial charge in [-0.05, 0) is 37.1 Å². The molecule has 0 radical (unpaired) electrons. The molecule has 1 aliphatic carbocycles. The van der Waals surface area contributed by atoms with Crippen molar-refractivity contribution in [2.75, 3.05) is 7.11 Å². The fourth-order valence-electron chi connectivity index (χ4n) is 1.86. The molecule has 114 valence electrons. The zero-order valence-corrected chi connectivity index (χ0v) is 11.9. The molecule has 8 heteroatoms. The molecule has 0 spiro atoms. The van der Waals surface area contributed by atoms with E-state index in [0.29, 0.717) is 0 Å². The number of amides is 2. The Morgan fingerprint density at radius 1 is 1.23 bits per heavy atom. The predicted octanol–water partition coefficient (Wildman–Crippen LogP) is 0.447. The third-order valence-corrected chi connectivity index (χ3v) is 3.31. The van der Waals surface area contributed by atoms with Crippen LogP contribution in [0.3, 0.4) is 0 Å². The molecule has 8 nitrogen and oxygen atoms in total. The summed E-state index contributed by atoms with van der Waals surface area (Å²) in [7, 11) is 1.59. The minimum absolute atomic E-state index is 0.0234. The van der Waals surface area contributed by atoms with Crippen LogP contribution < -0.4 is 15.6 Å². The number of hydrogen-bond donors (Lipinski definition) is 2. The number of nitrogens with zero attached hydrogens (tertiary/aromatic N) is 3. The minimum Gasteiger partial charge on any atom is -0.497 e. The molecule has 0 unspecified atom stereocenters. The molecule has 2 N–H and O–H groups in total. The number of carbonyl (C=O) groups excluding carboxylic acids is 2. The van der Waals surface area contributed by atoms with E-state index in [-0.39, 0.29) is 17.5 Å². The SMILES string of the molecule is COc1ccc(-n2cc(C(=O)NNC(=O)C3CC3)nn2)cc1. The van der Waals surface area contributed by atoms with Crippen LogP contribution in [0.5, 0.6) is 5.75 Å². The molecule has 0 atom stereocenters. The number of benzene rings is 1. The molecule has 2 amide bonds. The number of ether oxygens (including phenoxy) is 1. The number of aromatic nitrogens is 3. The van der Waals surface area contributed by atoms with Gasteiger partial charge in [0.1, 0.15) is 5.75 Å². The first-order valence-corrected chi connectivity index (χ1v) is 6.84. The van der Waals surface area contributed by atoms with Crippen molar-refractivity contribution in [3.8, 4) is 11.4 Å². The van der Waals surface area contributed by atoms with E-state index in [1.165, 1.54) is 10.9 Å². The summed E-state index contributed by atoms with van der Waals surface area (Å²) in [6.45, 7) is 0. The van der Waals surface area contributed by atoms with Crippen molar-refractivity contribution < 1.29 is 14.3 Å². The van der Waals surface area contributed by atoms with Crippen molar-refractivity contribution in [3.05, 3.63) is 36.2 Å². The van der Waals surface area contributed by atoms with Crippen molar-refractivity contribution in [3.63, 3.8) is 0 Å². The Labute approximate surface area is 126 Å². The summed E-state index contributed by atoms with van der Waals surface area (Å²) < 4.78 is 6.55. The van der Waals surface area contributed by atoms with Gasteiger partial charge in [-0.3, -0.25) is 20.4 Å². The van der Waals surface area contributed by atoms with Crippen LogP contribution in [0, 0.1) is 5.92 Å². The Hall–Kier alpha value is -2.90. The van der Waals surface area contributed by atoms with E-state index >= 15 is 0 Å². The van der Waals surface area contributed by atoms with E-state index < -0.39 is 5.91 Å². The second kappa shape index (κ2) is 5.84. The molecule has 1 heterocycles. The summed E-state index contributed by atoms with van der Waals surface area (Å²) in [6.07, 6.45) is 3.23. The summed E-state index contributed by atoms with van der Waals surface area (Å²) in [4.78, 5) is 23.3. The topological polar surface area (TPSA) is 98.1 Å². The molecule has 1 aromatic heterocycles. The smallest absolute Gasteiger partial charge is 0.291 e. The van der Waals surface area contributed by atoms with Gasteiger partial charge in [0.05, 0.1) is 19.0 Å². The lowest BCUT2D eigenvalue weighted by Crippen LogP contribution is -2.42. The van der Waals surface area contributed by atoms with Gasteiger partial charge < -0.3 is 4.74 Å². The summed E-state index contributed by atoms with van der Waals surface area (Å²) in [6, 6.07) is 7.16. The van der Waals surface area contributed by atoms with E-state index in [2.05, 4.69) is 21.2 Å². The molecule has 0 bridgehead atoms. The Kier molecular flexibility index (Phi) is 3.73. The van der Waals surface area contributed by atoms with Crippen molar-refractivity contribution >= 4 is 11.8 Å². The zero-order chi connectivity index (χ0) is 15.5. The van der Waals surface area contributed by atoms with Crippen molar-refractivity contribution in [1.29, 1.82) is 0 Å². The monoisotopic (exact) mass is 301 g/mol. The van der Waals surface area contributed by atoms with E-state index in [1.54, 1.807) is 31.4 Å². The lowest BCUT2D eigenvalue weighted by molar-refractivity contribution is -0.123. The van der Waals surface area contributed by atoms with Crippen LogP contribution in [0.25, 0.3) is 5.69 Å². The van der Waals surface area contributed by atoms with E-state index in [4.69, 9.17) is 4.74 Å². The lowest BCUT2D eigenvalue weighted by Gasteiger charge is -2.04. The normalized spacial score (nSPS) is 13.5. The van der Waals surface area contributed by atoms with Crippen LogP contribution in [0.1, 0.15) is 23.3 Å². The number of hydrogen-bond acceptors (Lipinski definition) is 5. The first kappa shape index (κ1) is 14.1. The molecular weight excluding hydrogens is 286 g/mol. The van der Waals surface area contributed by atoms with Crippen molar-refractivity contribution in [1.82, 2.24) is 25.8 Å². The first-order chi connectivity index (χ1) is 10.7. The highest BCUT2D eigenvalue weighted by molar-refractivity contribution is 5.93. The van der Waals surface area contributed by atoms with Crippen molar-refractivity contribution in [2.45, 2.75) is 12.8 Å². The summed E-state index contributed by atoms with van der Waals surface area (Å²) in [5, 5.41) is 7.68. The maximum Gasteiger partial charge on any atom is 0.291 e. The maximum atomic E-state index is 11.9. The molecule has 1 aliphatic rings. The van der Waals surface area contributed by atoms with Crippen LogP contribution in [-0.2, 0) is 4.79 Å². The van der Waals surface area contributed by atoms with Gasteiger partial charge >= 0.3 is 0 Å². The molecule has 1 fully saturated rings. The maximum absolute atomic E-state index is 11.9. The quantitative estimate of drug-likeness (QED) is 0.799. The second-order valence-corrected chi connectivity index (χ2v) is 4.96. The van der Waals surface area contributed by atoms with Crippen LogP contribution in [0.15, 0.2) is 30.5 Å². The Morgan fingerprint density at radius 2 is 1.95 bits per heavy atom. The molecular formula is C14H15N5O3. The molecule has 0 saturated heterocycles. The number of nitrogens with one attached hydrogen (secondary N) is 2. The highest BCUT2D eigenvalue weighted by Gasteiger charge is 2.29. The van der Waals surface area contributed by atoms with Gasteiger partial charge in [-0.15, -0.1) is 5.10 Å². The standard InChI is InChI=1S/C14H15N5O3/c1-22-11-6-4-10(5-7-11)19-8-12(15-18-19)14(21)17-16-13(20)9-2-3-9/h4-9H,2-3H2,1H3,(H,16,20)(H,17,21). The second-order valence-electron chi connectivity index (χ2n) is 4.96. The minimum atomic E-state index is -0.506. The van der Waals surface area contributed by atoms with Gasteiger partial charge in [0.25, 0.3) is 5.91 Å². The van der Waals surface area contributed by atoms with E-state index in [1.807, 2.05) is 0 Å². The van der Waals surface area contributed by atoms with Crippen LogP contribution in [0.2, 0.25) is 0 Å². The Morgan fingerprint density at radius 3 is 2.59 bits per heavy atom. The average Bonchev–Trinajstić information content (AvgIpc) is 3.29. The van der Waals surface area contributed by atoms with Gasteiger partial charge in [-0.1, -0.05) is 5.21 Å². The van der Waals surface area contributed by atoms with Crippen LogP contribution in [-0.4, -0.2) is 33.9 Å². The molecule has 0 aliphatic heterocycles. The number of rotatable bonds is 4. The predicted molar refractivity (Wildman–Crippen MR) is 76.2 cm³/mol. The molecule has 3 rings (SSSR count). The summed E-state index contributed by atoms with van der Waals surface area (Å²) in [5.74, 6) is 0.0737. The van der Waals surface area contributed by atoms with Gasteiger partial charge in [0, 0.05) is 5.92 Å². The van der Waals surface area contributed by atoms with Gasteiger partial charge in [-0.2, -0.15) is 0 Å². The molecule has 1 aromatic carbocycles. The van der Waals surface area contributed by atoms with Gasteiger partial charge in [-0.25, -0.2) is 4.68 Å². The zero-order valence-electron chi connectivity index (χ0n) is 11.9. The van der Waals surface area contributed by atoms with Gasteiger partial charge in [0.15, 0.2) is 5.69 Å². The Bertz CT molecular complexity index is 691. The van der Waals surface area contributed by atoms with E-state index in [9.17, 15) is 9.59 Å². The third-order valence-electron chi connectivity index (χ3n) is 3.31. The first-order valence-electron chi connectivity index (χ1n) is 6.84. The largest absolute Gasteiger partial charge is 0.497 e. The van der Waals surface area contributed by atoms with Crippen molar-refractivity contribution in [2.24, 2.45) is 5.92 Å². The average molecular weight is 301 g/mol.